The summed E-state index contributed by atoms with van der Waals surface area (Å²) in [5.74, 6) is -4.35. The Labute approximate surface area is 365 Å². The highest BCUT2D eigenvalue weighted by Gasteiger charge is 2.59. The van der Waals surface area contributed by atoms with Crippen molar-refractivity contribution in [3.63, 3.8) is 0 Å². The van der Waals surface area contributed by atoms with Crippen LogP contribution in [-0.2, 0) is 61.5 Å². The molecule has 18 nitrogen and oxygen atoms in total. The number of carbonyl (C=O) groups is 4. The van der Waals surface area contributed by atoms with Gasteiger partial charge >= 0.3 is 23.9 Å². The van der Waals surface area contributed by atoms with Crippen LogP contribution >= 0.6 is 34.8 Å². The number of methoxy groups -OCH3 is 1. The van der Waals surface area contributed by atoms with E-state index in [0.717, 1.165) is 84.5 Å². The Morgan fingerprint density at radius 2 is 1.30 bits per heavy atom. The van der Waals surface area contributed by atoms with Crippen LogP contribution < -0.4 is 4.74 Å². The fourth-order valence-electron chi connectivity index (χ4n) is 6.94. The minimum Gasteiger partial charge on any atom is -0.483 e. The van der Waals surface area contributed by atoms with Gasteiger partial charge in [-0.3, -0.25) is 19.8 Å². The number of para-hydroxylation sites is 1. The number of nitrogens with zero attached hydrogens (tertiary/aromatic N) is 3. The molecule has 2 aliphatic heterocycles. The van der Waals surface area contributed by atoms with Gasteiger partial charge in [-0.05, 0) is 35.8 Å². The molecule has 60 heavy (non-hydrogen) atoms. The summed E-state index contributed by atoms with van der Waals surface area (Å²) < 4.78 is 57.7. The molecule has 2 aliphatic rings. The van der Waals surface area contributed by atoms with E-state index in [1.807, 2.05) is 0 Å². The molecule has 2 fully saturated rings. The lowest BCUT2D eigenvalue weighted by Crippen LogP contribution is -2.68. The van der Waals surface area contributed by atoms with Crippen LogP contribution in [0.5, 0.6) is 5.75 Å². The zero-order valence-corrected chi connectivity index (χ0v) is 38.0. The first-order valence-electron chi connectivity index (χ1n) is 19.8. The molecule has 1 N–H and O–H groups in total. The third-order valence-corrected chi connectivity index (χ3v) is 14.7. The first kappa shape index (κ1) is 51.0. The minimum absolute atomic E-state index is 0.168. The summed E-state index contributed by atoms with van der Waals surface area (Å²) in [5, 5.41) is 12.2. The number of carbonyl (C=O) groups excluding carboxylic acids is 4. The van der Waals surface area contributed by atoms with Crippen LogP contribution in [0.4, 0.5) is 0 Å². The predicted molar refractivity (Wildman–Crippen MR) is 220 cm³/mol. The lowest BCUT2D eigenvalue weighted by Gasteiger charge is -2.49. The smallest absolute Gasteiger partial charge is 0.338 e. The molecule has 22 heteroatoms. The number of nitrogens with one attached hydrogen (secondary N) is 1. The van der Waals surface area contributed by atoms with Crippen molar-refractivity contribution in [3.8, 4) is 5.75 Å². The zero-order chi connectivity index (χ0) is 44.6. The Morgan fingerprint density at radius 1 is 0.767 bits per heavy atom. The van der Waals surface area contributed by atoms with Gasteiger partial charge in [0.2, 0.25) is 24.6 Å². The zero-order valence-electron chi connectivity index (χ0n) is 34.7. The van der Waals surface area contributed by atoms with E-state index in [4.69, 9.17) is 87.3 Å². The number of benzene rings is 1. The second-order valence-corrected chi connectivity index (χ2v) is 20.7. The van der Waals surface area contributed by atoms with Gasteiger partial charge in [0.25, 0.3) is 3.79 Å². The molecule has 0 amide bonds. The summed E-state index contributed by atoms with van der Waals surface area (Å²) in [7, 11) is -1.69. The number of rotatable bonds is 21. The molecule has 336 valence electrons. The number of unbranched alkanes of at least 4 members (excludes halogenated alkanes) is 3. The SMILES string of the molecule is CCCC[Si](CCCC)(CCCC)O[C@@H]1[C@@H](OC(C)=O)O[C@@H](O[C@@H]2[C@H](Oc3ccccc3)[C@@H](OC(C)=O)[C@@H](OC(=N)C(Cl)(Cl)Cl)O[C@@H]2C(=O)OC)[C@H](N=[N+]=[N-])[C@H]1OC(C)=O. The third-order valence-electron chi connectivity index (χ3n) is 9.62. The number of ether oxygens (including phenoxy) is 9. The first-order valence-corrected chi connectivity index (χ1v) is 23.4. The maximum Gasteiger partial charge on any atom is 0.338 e. The minimum atomic E-state index is -2.74. The van der Waals surface area contributed by atoms with Gasteiger partial charge in [0.1, 0.15) is 30.1 Å². The molecule has 0 bridgehead atoms. The summed E-state index contributed by atoms with van der Waals surface area (Å²) in [5.41, 5.74) is 9.96. The molecule has 0 unspecified atom stereocenters. The van der Waals surface area contributed by atoms with Gasteiger partial charge in [0.05, 0.1) is 7.11 Å². The van der Waals surface area contributed by atoms with Crippen molar-refractivity contribution in [2.75, 3.05) is 7.11 Å². The molecule has 3 rings (SSSR count). The molecule has 0 aromatic heterocycles. The summed E-state index contributed by atoms with van der Waals surface area (Å²) in [6, 6.07) is 8.75. The van der Waals surface area contributed by atoms with E-state index >= 15 is 0 Å². The normalized spacial score (nSPS) is 26.8. The lowest BCUT2D eigenvalue weighted by atomic mass is 9.96. The number of azide groups is 1. The second kappa shape index (κ2) is 24.3. The number of hydrogen-bond donors (Lipinski definition) is 1. The van der Waals surface area contributed by atoms with Gasteiger partial charge in [-0.1, -0.05) is 117 Å². The van der Waals surface area contributed by atoms with E-state index in [0.29, 0.717) is 0 Å². The fourth-order valence-corrected chi connectivity index (χ4v) is 12.0. The Kier molecular flexibility index (Phi) is 20.6. The van der Waals surface area contributed by atoms with Gasteiger partial charge in [-0.2, -0.15) is 0 Å². The molecule has 2 saturated heterocycles. The van der Waals surface area contributed by atoms with Crippen LogP contribution in [0, 0.1) is 5.41 Å². The highest BCUT2D eigenvalue weighted by Crippen LogP contribution is 2.40. The highest BCUT2D eigenvalue weighted by molar-refractivity contribution is 6.76. The standard InChI is InChI=1S/C38H55Cl3N4O14Si/c1-8-11-19-60(20-12-9-2,21-13-10-3)59-32-27(51-22(4)46)26(44-45-43)34(57-36(32)53-24(6)48)55-28-29(54-25-17-15-14-16-18-25)31(52-23(5)47)35(56-30(28)33(49)50-7)58-37(42)38(39,40)41/h14-18,26-32,34-36,42H,8-13,19-21H2,1-7H3/t26-,27-,28-,29+,30+,31-,32+,34-,35-,36+/m1/s1. The van der Waals surface area contributed by atoms with Crippen LogP contribution in [0.15, 0.2) is 35.4 Å². The second-order valence-electron chi connectivity index (χ2n) is 14.3. The maximum absolute atomic E-state index is 13.6. The fraction of sp³-hybridized carbons (Fsp3) is 0.711. The largest absolute Gasteiger partial charge is 0.483 e. The first-order chi connectivity index (χ1) is 28.4. The molecule has 1 aromatic carbocycles. The van der Waals surface area contributed by atoms with Crippen molar-refractivity contribution < 1.29 is 66.2 Å². The van der Waals surface area contributed by atoms with Crippen molar-refractivity contribution in [3.05, 3.63) is 40.8 Å². The number of halogens is 3. The number of esters is 4. The summed E-state index contributed by atoms with van der Waals surface area (Å²) in [6.07, 6.45) is -9.72. The Bertz CT molecular complexity index is 1620. The van der Waals surface area contributed by atoms with Gasteiger partial charge < -0.3 is 47.1 Å². The maximum atomic E-state index is 13.6. The molecule has 0 spiro atoms. The molecule has 1 aromatic rings. The molecule has 0 saturated carbocycles. The highest BCUT2D eigenvalue weighted by atomic mass is 35.6. The summed E-state index contributed by atoms with van der Waals surface area (Å²) >= 11 is 17.7. The van der Waals surface area contributed by atoms with Crippen LogP contribution in [0.3, 0.4) is 0 Å². The average molecular weight is 926 g/mol. The monoisotopic (exact) mass is 924 g/mol. The van der Waals surface area contributed by atoms with Gasteiger partial charge in [0, 0.05) is 25.7 Å². The molecular weight excluding hydrogens is 871 g/mol. The molecule has 2 heterocycles. The number of alkyl halides is 3. The van der Waals surface area contributed by atoms with E-state index in [2.05, 4.69) is 30.8 Å². The van der Waals surface area contributed by atoms with E-state index in [1.165, 1.54) is 0 Å². The Balaban J connectivity index is 2.27. The van der Waals surface area contributed by atoms with Gasteiger partial charge in [0.15, 0.2) is 26.8 Å². The van der Waals surface area contributed by atoms with Crippen molar-refractivity contribution in [1.29, 1.82) is 5.41 Å². The van der Waals surface area contributed by atoms with Crippen LogP contribution in [0.25, 0.3) is 10.4 Å². The molecule has 0 aliphatic carbocycles. The van der Waals surface area contributed by atoms with Gasteiger partial charge in [-0.25, -0.2) is 4.79 Å². The van der Waals surface area contributed by atoms with Crippen molar-refractivity contribution in [2.45, 2.75) is 164 Å². The Morgan fingerprint density at radius 3 is 1.78 bits per heavy atom. The predicted octanol–water partition coefficient (Wildman–Crippen LogP) is 7.60. The van der Waals surface area contributed by atoms with Crippen molar-refractivity contribution in [1.82, 2.24) is 0 Å². The molecule has 10 atom stereocenters. The van der Waals surface area contributed by atoms with E-state index < -0.39 is 103 Å². The van der Waals surface area contributed by atoms with Crippen LogP contribution in [0.2, 0.25) is 18.1 Å². The van der Waals surface area contributed by atoms with E-state index in [9.17, 15) is 24.7 Å². The van der Waals surface area contributed by atoms with Crippen molar-refractivity contribution >= 4 is 72.9 Å². The third kappa shape index (κ3) is 14.6. The van der Waals surface area contributed by atoms with Gasteiger partial charge in [-0.15, -0.1) is 0 Å². The van der Waals surface area contributed by atoms with E-state index in [-0.39, 0.29) is 5.75 Å². The molecule has 0 radical (unpaired) electrons. The van der Waals surface area contributed by atoms with Crippen LogP contribution in [0.1, 0.15) is 80.1 Å². The van der Waals surface area contributed by atoms with Crippen molar-refractivity contribution in [2.24, 2.45) is 5.11 Å². The van der Waals surface area contributed by atoms with Crippen LogP contribution in [-0.4, -0.2) is 111 Å². The summed E-state index contributed by atoms with van der Waals surface area (Å²) in [4.78, 5) is 54.9. The lowest BCUT2D eigenvalue weighted by molar-refractivity contribution is -0.350. The van der Waals surface area contributed by atoms with E-state index in [1.54, 1.807) is 30.3 Å². The quantitative estimate of drug-likeness (QED) is 0.0144. The average Bonchev–Trinajstić information content (AvgIpc) is 3.18. The topological polar surface area (TPSA) is 233 Å². The number of hydrogen-bond acceptors (Lipinski definition) is 16. The molecular formula is C38H55Cl3N4O14Si. The Hall–Kier alpha value is -3.39. The summed E-state index contributed by atoms with van der Waals surface area (Å²) in [6.45, 7) is 9.58.